The molecule has 23 heavy (non-hydrogen) atoms. The predicted molar refractivity (Wildman–Crippen MR) is 83.9 cm³/mol. The zero-order chi connectivity index (χ0) is 16.2. The summed E-state index contributed by atoms with van der Waals surface area (Å²) in [4.78, 5) is 21.1. The summed E-state index contributed by atoms with van der Waals surface area (Å²) in [5.74, 6) is 0.908. The van der Waals surface area contributed by atoms with E-state index in [9.17, 15) is 4.79 Å². The predicted octanol–water partition coefficient (Wildman–Crippen LogP) is 1.34. The van der Waals surface area contributed by atoms with Gasteiger partial charge in [-0.25, -0.2) is 9.97 Å². The van der Waals surface area contributed by atoms with E-state index in [-0.39, 0.29) is 11.8 Å². The van der Waals surface area contributed by atoms with Gasteiger partial charge in [0.05, 0.1) is 30.1 Å². The number of carbonyl (C=O) groups is 1. The molecular formula is C16H21N5O2. The van der Waals surface area contributed by atoms with E-state index in [0.717, 1.165) is 31.0 Å². The molecular weight excluding hydrogens is 294 g/mol. The number of aryl methyl sites for hydroxylation is 2. The standard InChI is InChI=1S/C16H21N5O2/c1-11-14(9-21(2)20-11)16(22)18-8-13-5-6-17-15(19-13)12-4-3-7-23-10-12/h5-6,9,12H,3-4,7-8,10H2,1-2H3,(H,18,22). The van der Waals surface area contributed by atoms with E-state index in [0.29, 0.717) is 24.4 Å². The van der Waals surface area contributed by atoms with Crippen LogP contribution in [-0.4, -0.2) is 38.9 Å². The van der Waals surface area contributed by atoms with Gasteiger partial charge in [0.25, 0.3) is 5.91 Å². The molecule has 1 aliphatic rings. The summed E-state index contributed by atoms with van der Waals surface area (Å²) in [6.07, 6.45) is 5.54. The number of hydrogen-bond donors (Lipinski definition) is 1. The molecule has 1 amide bonds. The molecule has 7 heteroatoms. The first-order valence-electron chi connectivity index (χ1n) is 7.81. The number of nitrogens with zero attached hydrogens (tertiary/aromatic N) is 4. The second-order valence-electron chi connectivity index (χ2n) is 5.80. The molecule has 1 fully saturated rings. The number of amides is 1. The molecule has 0 spiro atoms. The zero-order valence-corrected chi connectivity index (χ0v) is 13.5. The Morgan fingerprint density at radius 3 is 3.09 bits per heavy atom. The molecule has 0 saturated carbocycles. The maximum absolute atomic E-state index is 12.2. The molecule has 1 atom stereocenters. The van der Waals surface area contributed by atoms with Crippen molar-refractivity contribution in [3.63, 3.8) is 0 Å². The first kappa shape index (κ1) is 15.6. The number of ether oxygens (including phenoxy) is 1. The van der Waals surface area contributed by atoms with Crippen molar-refractivity contribution in [1.82, 2.24) is 25.1 Å². The van der Waals surface area contributed by atoms with Gasteiger partial charge in [-0.1, -0.05) is 0 Å². The lowest BCUT2D eigenvalue weighted by Crippen LogP contribution is -2.24. The lowest BCUT2D eigenvalue weighted by molar-refractivity contribution is 0.0779. The van der Waals surface area contributed by atoms with E-state index in [2.05, 4.69) is 20.4 Å². The van der Waals surface area contributed by atoms with Crippen LogP contribution in [0.2, 0.25) is 0 Å². The van der Waals surface area contributed by atoms with Crippen LogP contribution in [0.1, 0.15) is 46.3 Å². The second kappa shape index (κ2) is 6.87. The van der Waals surface area contributed by atoms with Gasteiger partial charge in [0.1, 0.15) is 5.82 Å². The van der Waals surface area contributed by atoms with Gasteiger partial charge < -0.3 is 10.1 Å². The summed E-state index contributed by atoms with van der Waals surface area (Å²) in [6.45, 7) is 3.68. The summed E-state index contributed by atoms with van der Waals surface area (Å²) >= 11 is 0. The van der Waals surface area contributed by atoms with Crippen molar-refractivity contribution >= 4 is 5.91 Å². The third-order valence-corrected chi connectivity index (χ3v) is 3.95. The highest BCUT2D eigenvalue weighted by molar-refractivity contribution is 5.94. The van der Waals surface area contributed by atoms with Crippen LogP contribution in [0.3, 0.4) is 0 Å². The van der Waals surface area contributed by atoms with Gasteiger partial charge in [0.2, 0.25) is 0 Å². The molecule has 0 aromatic carbocycles. The third-order valence-electron chi connectivity index (χ3n) is 3.95. The molecule has 1 unspecified atom stereocenters. The fourth-order valence-electron chi connectivity index (χ4n) is 2.74. The minimum atomic E-state index is -0.142. The number of rotatable bonds is 4. The first-order valence-corrected chi connectivity index (χ1v) is 7.81. The number of carbonyl (C=O) groups excluding carboxylic acids is 1. The smallest absolute Gasteiger partial charge is 0.255 e. The van der Waals surface area contributed by atoms with Crippen molar-refractivity contribution in [3.05, 3.63) is 41.2 Å². The Balaban J connectivity index is 1.64. The van der Waals surface area contributed by atoms with Gasteiger partial charge in [-0.05, 0) is 25.8 Å². The van der Waals surface area contributed by atoms with Gasteiger partial charge >= 0.3 is 0 Å². The van der Waals surface area contributed by atoms with Crippen LogP contribution in [0, 0.1) is 6.92 Å². The maximum Gasteiger partial charge on any atom is 0.255 e. The molecule has 3 heterocycles. The summed E-state index contributed by atoms with van der Waals surface area (Å²) in [6, 6.07) is 1.82. The summed E-state index contributed by atoms with van der Waals surface area (Å²) in [5.41, 5.74) is 2.10. The molecule has 0 radical (unpaired) electrons. The van der Waals surface area contributed by atoms with E-state index >= 15 is 0 Å². The lowest BCUT2D eigenvalue weighted by Gasteiger charge is -2.20. The summed E-state index contributed by atoms with van der Waals surface area (Å²) in [7, 11) is 1.80. The average Bonchev–Trinajstić information content (AvgIpc) is 2.92. The van der Waals surface area contributed by atoms with Gasteiger partial charge in [-0.3, -0.25) is 9.48 Å². The van der Waals surface area contributed by atoms with Crippen molar-refractivity contribution in [2.24, 2.45) is 7.05 Å². The van der Waals surface area contributed by atoms with Crippen molar-refractivity contribution in [1.29, 1.82) is 0 Å². The molecule has 3 rings (SSSR count). The first-order chi connectivity index (χ1) is 11.1. The van der Waals surface area contributed by atoms with E-state index in [1.165, 1.54) is 0 Å². The van der Waals surface area contributed by atoms with Crippen LogP contribution < -0.4 is 5.32 Å². The van der Waals surface area contributed by atoms with Crippen LogP contribution >= 0.6 is 0 Å². The minimum absolute atomic E-state index is 0.142. The van der Waals surface area contributed by atoms with Crippen LogP contribution in [0.5, 0.6) is 0 Å². The molecule has 122 valence electrons. The quantitative estimate of drug-likeness (QED) is 0.921. The molecule has 2 aromatic rings. The average molecular weight is 315 g/mol. The Labute approximate surface area is 135 Å². The van der Waals surface area contributed by atoms with Crippen LogP contribution in [0.4, 0.5) is 0 Å². The molecule has 0 aliphatic carbocycles. The Bertz CT molecular complexity index is 692. The number of hydrogen-bond acceptors (Lipinski definition) is 5. The molecule has 1 aliphatic heterocycles. The van der Waals surface area contributed by atoms with Gasteiger partial charge in [0.15, 0.2) is 0 Å². The highest BCUT2D eigenvalue weighted by atomic mass is 16.5. The number of aromatic nitrogens is 4. The monoisotopic (exact) mass is 315 g/mol. The molecule has 7 nitrogen and oxygen atoms in total. The minimum Gasteiger partial charge on any atom is -0.381 e. The van der Waals surface area contributed by atoms with Crippen molar-refractivity contribution in [2.75, 3.05) is 13.2 Å². The normalized spacial score (nSPS) is 17.9. The van der Waals surface area contributed by atoms with E-state index < -0.39 is 0 Å². The number of nitrogens with one attached hydrogen (secondary N) is 1. The highest BCUT2D eigenvalue weighted by Crippen LogP contribution is 2.22. The van der Waals surface area contributed by atoms with E-state index in [4.69, 9.17) is 4.74 Å². The topological polar surface area (TPSA) is 81.9 Å². The van der Waals surface area contributed by atoms with E-state index in [1.54, 1.807) is 24.1 Å². The lowest BCUT2D eigenvalue weighted by atomic mass is 10.0. The zero-order valence-electron chi connectivity index (χ0n) is 13.5. The molecule has 2 aromatic heterocycles. The SMILES string of the molecule is Cc1nn(C)cc1C(=O)NCc1ccnc(C2CCCOC2)n1. The Kier molecular flexibility index (Phi) is 4.66. The summed E-state index contributed by atoms with van der Waals surface area (Å²) in [5, 5.41) is 7.06. The van der Waals surface area contributed by atoms with Crippen molar-refractivity contribution in [2.45, 2.75) is 32.2 Å². The molecule has 0 bridgehead atoms. The van der Waals surface area contributed by atoms with Crippen LogP contribution in [0.15, 0.2) is 18.5 Å². The highest BCUT2D eigenvalue weighted by Gasteiger charge is 2.19. The Morgan fingerprint density at radius 1 is 1.52 bits per heavy atom. The van der Waals surface area contributed by atoms with Gasteiger partial charge in [-0.15, -0.1) is 0 Å². The maximum atomic E-state index is 12.2. The third kappa shape index (κ3) is 3.73. The fourth-order valence-corrected chi connectivity index (χ4v) is 2.74. The Morgan fingerprint density at radius 2 is 2.39 bits per heavy atom. The van der Waals surface area contributed by atoms with Crippen molar-refractivity contribution < 1.29 is 9.53 Å². The van der Waals surface area contributed by atoms with Gasteiger partial charge in [0, 0.05) is 32.0 Å². The fraction of sp³-hybridized carbons (Fsp3) is 0.500. The molecule has 1 N–H and O–H groups in total. The Hall–Kier alpha value is -2.28. The largest absolute Gasteiger partial charge is 0.381 e. The van der Waals surface area contributed by atoms with E-state index in [1.807, 2.05) is 13.0 Å². The summed E-state index contributed by atoms with van der Waals surface area (Å²) < 4.78 is 7.12. The second-order valence-corrected chi connectivity index (χ2v) is 5.80. The van der Waals surface area contributed by atoms with Crippen LogP contribution in [-0.2, 0) is 18.3 Å². The molecule has 1 saturated heterocycles. The van der Waals surface area contributed by atoms with Crippen LogP contribution in [0.25, 0.3) is 0 Å². The van der Waals surface area contributed by atoms with Gasteiger partial charge in [-0.2, -0.15) is 5.10 Å². The van der Waals surface area contributed by atoms with Crippen molar-refractivity contribution in [3.8, 4) is 0 Å².